The molecule has 0 radical (unpaired) electrons. The predicted molar refractivity (Wildman–Crippen MR) is 77.0 cm³/mol. The molecule has 0 spiro atoms. The van der Waals surface area contributed by atoms with Gasteiger partial charge < -0.3 is 10.4 Å². The summed E-state index contributed by atoms with van der Waals surface area (Å²) in [5.41, 5.74) is 1.81. The third-order valence-corrected chi connectivity index (χ3v) is 6.24. The van der Waals surface area contributed by atoms with Crippen LogP contribution in [0, 0.1) is 16.7 Å². The van der Waals surface area contributed by atoms with E-state index in [4.69, 9.17) is 5.11 Å². The van der Waals surface area contributed by atoms with E-state index in [2.05, 4.69) is 36.4 Å². The fraction of sp³-hybridized carbons (Fsp3) is 0.867. The molecule has 3 unspecified atom stereocenters. The summed E-state index contributed by atoms with van der Waals surface area (Å²) in [6.45, 7) is 8.71. The Morgan fingerprint density at radius 3 is 2.85 bits per heavy atom. The summed E-state index contributed by atoms with van der Waals surface area (Å²) in [6.07, 6.45) is 5.92. The van der Waals surface area contributed by atoms with Crippen LogP contribution >= 0.6 is 0 Å². The number of hydrogen-bond donors (Lipinski definition) is 2. The molecule has 0 saturated heterocycles. The Morgan fingerprint density at radius 2 is 2.25 bits per heavy atom. The zero-order chi connectivity index (χ0) is 14.4. The Morgan fingerprint density at radius 1 is 1.45 bits per heavy atom. The Balaban J connectivity index is 1.62. The van der Waals surface area contributed by atoms with Gasteiger partial charge in [-0.1, -0.05) is 26.0 Å². The molecule has 2 saturated carbocycles. The van der Waals surface area contributed by atoms with Crippen molar-refractivity contribution < 1.29 is 5.11 Å². The number of hydrogen-bond acceptors (Lipinski definition) is 4. The third-order valence-electron chi connectivity index (χ3n) is 6.24. The standard InChI is InChI=1S/C15H26N4O/c1-14(2)11-4-5-15(14,3)13(8-11)16-9-12-10-19(6-7-20)18-17-12/h10-11,13,16,20H,4-9H2,1-3H3. The molecule has 5 heteroatoms. The summed E-state index contributed by atoms with van der Waals surface area (Å²) >= 11 is 0. The second kappa shape index (κ2) is 4.81. The van der Waals surface area contributed by atoms with Gasteiger partial charge in [-0.05, 0) is 36.0 Å². The first-order valence-corrected chi connectivity index (χ1v) is 7.70. The number of nitrogens with one attached hydrogen (secondary N) is 1. The first kappa shape index (κ1) is 14.0. The smallest absolute Gasteiger partial charge is 0.0964 e. The van der Waals surface area contributed by atoms with E-state index in [0.29, 0.717) is 23.4 Å². The molecule has 3 rings (SSSR count). The molecule has 112 valence electrons. The number of aliphatic hydroxyl groups is 1. The van der Waals surface area contributed by atoms with Crippen LogP contribution in [0.5, 0.6) is 0 Å². The van der Waals surface area contributed by atoms with E-state index < -0.39 is 0 Å². The highest BCUT2D eigenvalue weighted by molar-refractivity contribution is 5.13. The van der Waals surface area contributed by atoms with Crippen molar-refractivity contribution in [3.05, 3.63) is 11.9 Å². The van der Waals surface area contributed by atoms with Crippen LogP contribution in [0.3, 0.4) is 0 Å². The number of aliphatic hydroxyl groups excluding tert-OH is 1. The van der Waals surface area contributed by atoms with Crippen molar-refractivity contribution in [1.82, 2.24) is 20.3 Å². The molecule has 3 atom stereocenters. The maximum absolute atomic E-state index is 8.89. The maximum Gasteiger partial charge on any atom is 0.0964 e. The van der Waals surface area contributed by atoms with Gasteiger partial charge in [-0.25, -0.2) is 4.68 Å². The molecule has 2 fully saturated rings. The predicted octanol–water partition coefficient (Wildman–Crippen LogP) is 1.57. The summed E-state index contributed by atoms with van der Waals surface area (Å²) in [7, 11) is 0. The molecule has 5 nitrogen and oxygen atoms in total. The zero-order valence-electron chi connectivity index (χ0n) is 12.8. The average Bonchev–Trinajstić information content (AvgIpc) is 2.98. The molecule has 1 aromatic heterocycles. The molecule has 0 amide bonds. The monoisotopic (exact) mass is 278 g/mol. The Hall–Kier alpha value is -0.940. The number of nitrogens with zero attached hydrogens (tertiary/aromatic N) is 3. The molecule has 2 bridgehead atoms. The van der Waals surface area contributed by atoms with Gasteiger partial charge in [-0.3, -0.25) is 0 Å². The third kappa shape index (κ3) is 1.99. The minimum atomic E-state index is 0.104. The van der Waals surface area contributed by atoms with Crippen molar-refractivity contribution in [3.63, 3.8) is 0 Å². The van der Waals surface area contributed by atoms with Crippen molar-refractivity contribution >= 4 is 0 Å². The average molecular weight is 278 g/mol. The Kier molecular flexibility index (Phi) is 3.37. The van der Waals surface area contributed by atoms with Crippen LogP contribution in [0.2, 0.25) is 0 Å². The lowest BCUT2D eigenvalue weighted by Crippen LogP contribution is -2.44. The highest BCUT2D eigenvalue weighted by atomic mass is 16.3. The van der Waals surface area contributed by atoms with E-state index in [1.165, 1.54) is 19.3 Å². The minimum Gasteiger partial charge on any atom is -0.394 e. The quantitative estimate of drug-likeness (QED) is 0.858. The number of aromatic nitrogens is 3. The highest BCUT2D eigenvalue weighted by Crippen LogP contribution is 2.65. The van der Waals surface area contributed by atoms with Gasteiger partial charge in [0.1, 0.15) is 0 Å². The van der Waals surface area contributed by atoms with E-state index in [-0.39, 0.29) is 6.61 Å². The molecular weight excluding hydrogens is 252 g/mol. The van der Waals surface area contributed by atoms with Crippen molar-refractivity contribution in [2.45, 2.75) is 59.2 Å². The molecule has 0 aromatic carbocycles. The van der Waals surface area contributed by atoms with Crippen molar-refractivity contribution in [2.75, 3.05) is 6.61 Å². The van der Waals surface area contributed by atoms with Gasteiger partial charge in [0.2, 0.25) is 0 Å². The Labute approximate surface area is 120 Å². The van der Waals surface area contributed by atoms with Crippen molar-refractivity contribution in [2.24, 2.45) is 16.7 Å². The van der Waals surface area contributed by atoms with Crippen LogP contribution < -0.4 is 5.32 Å². The van der Waals surface area contributed by atoms with Crippen LogP contribution in [0.15, 0.2) is 6.20 Å². The van der Waals surface area contributed by atoms with E-state index in [1.807, 2.05) is 6.20 Å². The molecule has 0 aliphatic heterocycles. The van der Waals surface area contributed by atoms with Gasteiger partial charge in [0.15, 0.2) is 0 Å². The second-order valence-electron chi connectivity index (χ2n) is 7.24. The normalized spacial score (nSPS) is 34.8. The topological polar surface area (TPSA) is 63.0 Å². The molecule has 2 aliphatic carbocycles. The molecule has 1 heterocycles. The highest BCUT2D eigenvalue weighted by Gasteiger charge is 2.60. The molecule has 2 aliphatic rings. The largest absolute Gasteiger partial charge is 0.394 e. The van der Waals surface area contributed by atoms with Crippen LogP contribution in [0.25, 0.3) is 0 Å². The fourth-order valence-corrected chi connectivity index (χ4v) is 4.37. The summed E-state index contributed by atoms with van der Waals surface area (Å²) in [5, 5.41) is 20.8. The van der Waals surface area contributed by atoms with E-state index >= 15 is 0 Å². The van der Waals surface area contributed by atoms with Crippen LogP contribution in [0.1, 0.15) is 45.7 Å². The van der Waals surface area contributed by atoms with Crippen molar-refractivity contribution in [3.8, 4) is 0 Å². The summed E-state index contributed by atoms with van der Waals surface area (Å²) < 4.78 is 1.70. The lowest BCUT2D eigenvalue weighted by atomic mass is 9.69. The van der Waals surface area contributed by atoms with Gasteiger partial charge in [-0.15, -0.1) is 5.10 Å². The van der Waals surface area contributed by atoms with E-state index in [9.17, 15) is 0 Å². The van der Waals surface area contributed by atoms with E-state index in [0.717, 1.165) is 18.2 Å². The zero-order valence-corrected chi connectivity index (χ0v) is 12.8. The van der Waals surface area contributed by atoms with Gasteiger partial charge in [0, 0.05) is 18.8 Å². The SMILES string of the molecule is CC1(C)C2CCC1(C)C(NCc1cn(CCO)nn1)C2. The summed E-state index contributed by atoms with van der Waals surface area (Å²) in [4.78, 5) is 0. The maximum atomic E-state index is 8.89. The lowest BCUT2D eigenvalue weighted by Gasteiger charge is -2.39. The van der Waals surface area contributed by atoms with Crippen molar-refractivity contribution in [1.29, 1.82) is 0 Å². The molecular formula is C15H26N4O. The number of rotatable bonds is 5. The first-order chi connectivity index (χ1) is 9.47. The minimum absolute atomic E-state index is 0.104. The lowest BCUT2D eigenvalue weighted by molar-refractivity contribution is 0.120. The van der Waals surface area contributed by atoms with Crippen LogP contribution in [0.4, 0.5) is 0 Å². The summed E-state index contributed by atoms with van der Waals surface area (Å²) in [6, 6.07) is 0.583. The molecule has 20 heavy (non-hydrogen) atoms. The molecule has 1 aromatic rings. The Bertz CT molecular complexity index is 484. The van der Waals surface area contributed by atoms with Crippen LogP contribution in [-0.2, 0) is 13.1 Å². The number of fused-ring (bicyclic) bond motifs is 2. The molecule has 2 N–H and O–H groups in total. The van der Waals surface area contributed by atoms with Gasteiger partial charge >= 0.3 is 0 Å². The summed E-state index contributed by atoms with van der Waals surface area (Å²) in [5.74, 6) is 0.857. The van der Waals surface area contributed by atoms with Crippen LogP contribution in [-0.4, -0.2) is 32.7 Å². The second-order valence-corrected chi connectivity index (χ2v) is 7.24. The van der Waals surface area contributed by atoms with E-state index in [1.54, 1.807) is 4.68 Å². The fourth-order valence-electron chi connectivity index (χ4n) is 4.37. The van der Waals surface area contributed by atoms with Gasteiger partial charge in [0.25, 0.3) is 0 Å². The van der Waals surface area contributed by atoms with Gasteiger partial charge in [-0.2, -0.15) is 0 Å². The van der Waals surface area contributed by atoms with Gasteiger partial charge in [0.05, 0.1) is 18.8 Å². The first-order valence-electron chi connectivity index (χ1n) is 7.70.